The maximum Gasteiger partial charge on any atom is 0.390 e. The SMILES string of the molecule is COc1cc(OC)c(/C=N\NC(=O)Cn2nc([N+](=O)[O-])cc2C)c(OC)c1. The quantitative estimate of drug-likeness (QED) is 0.416. The van der Waals surface area contributed by atoms with Crippen LogP contribution in [0.5, 0.6) is 17.2 Å². The van der Waals surface area contributed by atoms with Gasteiger partial charge >= 0.3 is 5.82 Å². The van der Waals surface area contributed by atoms with E-state index in [4.69, 9.17) is 14.2 Å². The van der Waals surface area contributed by atoms with Crippen molar-refractivity contribution in [1.29, 1.82) is 0 Å². The van der Waals surface area contributed by atoms with E-state index in [0.29, 0.717) is 28.5 Å². The van der Waals surface area contributed by atoms with Crippen molar-refractivity contribution in [3.63, 3.8) is 0 Å². The summed E-state index contributed by atoms with van der Waals surface area (Å²) in [6.45, 7) is 1.40. The average Bonchev–Trinajstić information content (AvgIpc) is 3.02. The number of hydrazone groups is 1. The molecule has 0 radical (unpaired) electrons. The van der Waals surface area contributed by atoms with Crippen LogP contribution in [0, 0.1) is 17.0 Å². The van der Waals surface area contributed by atoms with Gasteiger partial charge in [-0.1, -0.05) is 0 Å². The van der Waals surface area contributed by atoms with Crippen LogP contribution < -0.4 is 19.6 Å². The molecular weight excluding hydrogens is 358 g/mol. The first-order chi connectivity index (χ1) is 12.9. The Balaban J connectivity index is 2.11. The molecule has 11 nitrogen and oxygen atoms in total. The molecule has 0 fully saturated rings. The molecule has 144 valence electrons. The lowest BCUT2D eigenvalue weighted by molar-refractivity contribution is -0.389. The highest BCUT2D eigenvalue weighted by atomic mass is 16.6. The third kappa shape index (κ3) is 4.71. The van der Waals surface area contributed by atoms with E-state index >= 15 is 0 Å². The van der Waals surface area contributed by atoms with Gasteiger partial charge in [0.1, 0.15) is 23.8 Å². The fourth-order valence-electron chi connectivity index (χ4n) is 2.24. The molecule has 0 unspecified atom stereocenters. The minimum atomic E-state index is -0.623. The number of nitrogens with one attached hydrogen (secondary N) is 1. The number of benzene rings is 1. The zero-order chi connectivity index (χ0) is 20.0. The van der Waals surface area contributed by atoms with Gasteiger partial charge in [0.2, 0.25) is 0 Å². The predicted molar refractivity (Wildman–Crippen MR) is 95.5 cm³/mol. The Hall–Kier alpha value is -3.63. The first-order valence-electron chi connectivity index (χ1n) is 7.70. The van der Waals surface area contributed by atoms with Gasteiger partial charge in [0, 0.05) is 12.1 Å². The van der Waals surface area contributed by atoms with Crippen LogP contribution in [0.25, 0.3) is 0 Å². The van der Waals surface area contributed by atoms with Gasteiger partial charge in [-0.2, -0.15) is 9.78 Å². The number of nitrogens with zero attached hydrogens (tertiary/aromatic N) is 4. The normalized spacial score (nSPS) is 10.7. The number of aryl methyl sites for hydroxylation is 1. The highest BCUT2D eigenvalue weighted by Gasteiger charge is 2.17. The highest BCUT2D eigenvalue weighted by molar-refractivity contribution is 5.89. The van der Waals surface area contributed by atoms with Crippen LogP contribution >= 0.6 is 0 Å². The van der Waals surface area contributed by atoms with Gasteiger partial charge in [0.25, 0.3) is 5.91 Å². The number of hydrogen-bond acceptors (Lipinski definition) is 8. The number of methoxy groups -OCH3 is 3. The van der Waals surface area contributed by atoms with E-state index < -0.39 is 10.8 Å². The number of ether oxygens (including phenoxy) is 3. The highest BCUT2D eigenvalue weighted by Crippen LogP contribution is 2.32. The Morgan fingerprint density at radius 2 is 1.89 bits per heavy atom. The Morgan fingerprint density at radius 3 is 2.37 bits per heavy atom. The molecule has 0 aliphatic rings. The Bertz CT molecular complexity index is 851. The van der Waals surface area contributed by atoms with Crippen molar-refractivity contribution in [2.45, 2.75) is 13.5 Å². The molecule has 0 saturated carbocycles. The molecule has 1 amide bonds. The van der Waals surface area contributed by atoms with Crippen molar-refractivity contribution < 1.29 is 23.9 Å². The number of nitro groups is 1. The summed E-state index contributed by atoms with van der Waals surface area (Å²) < 4.78 is 16.9. The summed E-state index contributed by atoms with van der Waals surface area (Å²) in [5.74, 6) is 0.612. The average molecular weight is 377 g/mol. The summed E-state index contributed by atoms with van der Waals surface area (Å²) in [5, 5.41) is 18.3. The standard InChI is InChI=1S/C16H19N5O6/c1-10-5-15(21(23)24)19-20(10)9-16(22)18-17-8-12-13(26-3)6-11(25-2)7-14(12)27-4/h5-8H,9H2,1-4H3,(H,18,22)/b17-8-. The number of rotatable bonds is 8. The first-order valence-corrected chi connectivity index (χ1v) is 7.70. The van der Waals surface area contributed by atoms with Gasteiger partial charge in [-0.3, -0.25) is 4.79 Å². The third-order valence-corrected chi connectivity index (χ3v) is 3.58. The number of amides is 1. The van der Waals surface area contributed by atoms with E-state index in [-0.39, 0.29) is 12.4 Å². The molecule has 0 spiro atoms. The second-order valence-electron chi connectivity index (χ2n) is 5.30. The monoisotopic (exact) mass is 377 g/mol. The van der Waals surface area contributed by atoms with Gasteiger partial charge in [0.15, 0.2) is 0 Å². The molecule has 0 bridgehead atoms. The van der Waals surface area contributed by atoms with Gasteiger partial charge in [-0.25, -0.2) is 5.43 Å². The Kier molecular flexibility index (Phi) is 6.31. The molecule has 1 aromatic carbocycles. The van der Waals surface area contributed by atoms with Gasteiger partial charge in [0.05, 0.1) is 50.0 Å². The smallest absolute Gasteiger partial charge is 0.390 e. The summed E-state index contributed by atoms with van der Waals surface area (Å²) >= 11 is 0. The fraction of sp³-hybridized carbons (Fsp3) is 0.312. The van der Waals surface area contributed by atoms with Crippen LogP contribution in [-0.2, 0) is 11.3 Å². The number of aromatic nitrogens is 2. The lowest BCUT2D eigenvalue weighted by atomic mass is 10.2. The van der Waals surface area contributed by atoms with E-state index in [9.17, 15) is 14.9 Å². The van der Waals surface area contributed by atoms with Crippen molar-refractivity contribution in [3.05, 3.63) is 39.6 Å². The minimum absolute atomic E-state index is 0.214. The largest absolute Gasteiger partial charge is 0.496 e. The molecule has 11 heteroatoms. The number of carbonyl (C=O) groups excluding carboxylic acids is 1. The van der Waals surface area contributed by atoms with E-state index in [0.717, 1.165) is 0 Å². The first kappa shape index (κ1) is 19.7. The summed E-state index contributed by atoms with van der Waals surface area (Å²) in [5.41, 5.74) is 3.33. The minimum Gasteiger partial charge on any atom is -0.496 e. The van der Waals surface area contributed by atoms with Crippen molar-refractivity contribution in [2.24, 2.45) is 5.10 Å². The molecule has 2 aromatic rings. The summed E-state index contributed by atoms with van der Waals surface area (Å²) in [6, 6.07) is 4.58. The van der Waals surface area contributed by atoms with E-state index in [1.165, 1.54) is 38.3 Å². The molecule has 0 atom stereocenters. The van der Waals surface area contributed by atoms with Crippen LogP contribution in [0.2, 0.25) is 0 Å². The van der Waals surface area contributed by atoms with E-state index in [1.807, 2.05) is 0 Å². The molecule has 2 rings (SSSR count). The van der Waals surface area contributed by atoms with Crippen molar-refractivity contribution >= 4 is 17.9 Å². The topological polar surface area (TPSA) is 130 Å². The van der Waals surface area contributed by atoms with Crippen molar-refractivity contribution in [2.75, 3.05) is 21.3 Å². The van der Waals surface area contributed by atoms with Crippen molar-refractivity contribution in [3.8, 4) is 17.2 Å². The molecule has 1 N–H and O–H groups in total. The summed E-state index contributed by atoms with van der Waals surface area (Å²) in [6.07, 6.45) is 1.37. The number of carbonyl (C=O) groups is 1. The van der Waals surface area contributed by atoms with Crippen LogP contribution in [0.1, 0.15) is 11.3 Å². The Morgan fingerprint density at radius 1 is 1.26 bits per heavy atom. The fourth-order valence-corrected chi connectivity index (χ4v) is 2.24. The number of hydrogen-bond donors (Lipinski definition) is 1. The summed E-state index contributed by atoms with van der Waals surface area (Å²) in [7, 11) is 4.48. The van der Waals surface area contributed by atoms with Gasteiger partial charge in [-0.05, 0) is 11.8 Å². The lowest BCUT2D eigenvalue weighted by Gasteiger charge is -2.12. The second kappa shape index (κ2) is 8.65. The van der Waals surface area contributed by atoms with Crippen molar-refractivity contribution in [1.82, 2.24) is 15.2 Å². The van der Waals surface area contributed by atoms with E-state index in [1.54, 1.807) is 19.1 Å². The van der Waals surface area contributed by atoms with Crippen LogP contribution in [0.15, 0.2) is 23.3 Å². The van der Waals surface area contributed by atoms with Crippen LogP contribution in [0.4, 0.5) is 5.82 Å². The third-order valence-electron chi connectivity index (χ3n) is 3.58. The second-order valence-corrected chi connectivity index (χ2v) is 5.30. The summed E-state index contributed by atoms with van der Waals surface area (Å²) in [4.78, 5) is 22.1. The van der Waals surface area contributed by atoms with Crippen LogP contribution in [-0.4, -0.2) is 48.2 Å². The molecular formula is C16H19N5O6. The van der Waals surface area contributed by atoms with E-state index in [2.05, 4.69) is 15.6 Å². The molecule has 0 saturated heterocycles. The molecule has 27 heavy (non-hydrogen) atoms. The Labute approximate surface area is 154 Å². The van der Waals surface area contributed by atoms with Gasteiger partial charge < -0.3 is 24.3 Å². The molecule has 1 heterocycles. The molecule has 1 aromatic heterocycles. The zero-order valence-corrected chi connectivity index (χ0v) is 15.3. The zero-order valence-electron chi connectivity index (χ0n) is 15.3. The molecule has 0 aliphatic carbocycles. The maximum atomic E-state index is 12.0. The lowest BCUT2D eigenvalue weighted by Crippen LogP contribution is -2.24. The predicted octanol–water partition coefficient (Wildman–Crippen LogP) is 1.28. The molecule has 0 aliphatic heterocycles. The maximum absolute atomic E-state index is 12.0. The van der Waals surface area contributed by atoms with Crippen LogP contribution in [0.3, 0.4) is 0 Å². The van der Waals surface area contributed by atoms with Gasteiger partial charge in [-0.15, -0.1) is 0 Å².